The fourth-order valence-corrected chi connectivity index (χ4v) is 3.01. The molecule has 3 rings (SSSR count). The van der Waals surface area contributed by atoms with Crippen LogP contribution in [0, 0.1) is 13.8 Å². The van der Waals surface area contributed by atoms with Crippen LogP contribution in [0.25, 0.3) is 0 Å². The molecule has 1 aromatic carbocycles. The zero-order valence-electron chi connectivity index (χ0n) is 16.7. The fraction of sp³-hybridized carbons (Fsp3) is 0.476. The van der Waals surface area contributed by atoms with E-state index in [-0.39, 0.29) is 25.0 Å². The number of ether oxygens (including phenoxy) is 3. The minimum absolute atomic E-state index is 0.0629. The van der Waals surface area contributed by atoms with Crippen LogP contribution in [0.1, 0.15) is 35.4 Å². The number of aromatic nitrogens is 1. The van der Waals surface area contributed by atoms with Crippen LogP contribution in [-0.4, -0.2) is 42.9 Å². The predicted octanol–water partition coefficient (Wildman–Crippen LogP) is 2.25. The number of hydrogen-bond donors (Lipinski definition) is 1. The number of carbonyl (C=O) groups is 2. The first-order chi connectivity index (χ1) is 14.0. The lowest BCUT2D eigenvalue weighted by molar-refractivity contribution is -0.148. The lowest BCUT2D eigenvalue weighted by Crippen LogP contribution is -2.35. The minimum atomic E-state index is -0.457. The van der Waals surface area contributed by atoms with Gasteiger partial charge in [-0.15, -0.1) is 0 Å². The molecule has 1 fully saturated rings. The zero-order valence-corrected chi connectivity index (χ0v) is 16.7. The van der Waals surface area contributed by atoms with Crippen LogP contribution >= 0.6 is 0 Å². The van der Waals surface area contributed by atoms with Crippen molar-refractivity contribution in [3.05, 3.63) is 46.8 Å². The van der Waals surface area contributed by atoms with Crippen molar-refractivity contribution < 1.29 is 28.3 Å². The number of amides is 1. The average molecular weight is 402 g/mol. The van der Waals surface area contributed by atoms with Crippen LogP contribution in [0.3, 0.4) is 0 Å². The molecule has 0 unspecified atom stereocenters. The molecule has 2 heterocycles. The van der Waals surface area contributed by atoms with Gasteiger partial charge in [-0.25, -0.2) is 0 Å². The molecule has 8 heteroatoms. The molecule has 1 saturated heterocycles. The lowest BCUT2D eigenvalue weighted by Gasteiger charge is -2.11. The van der Waals surface area contributed by atoms with Crippen LogP contribution < -0.4 is 10.1 Å². The Balaban J connectivity index is 1.37. The van der Waals surface area contributed by atoms with E-state index in [1.807, 2.05) is 13.8 Å². The number of rotatable bonds is 9. The Hall–Kier alpha value is -2.87. The molecule has 1 aliphatic rings. The van der Waals surface area contributed by atoms with Gasteiger partial charge in [0.25, 0.3) is 5.91 Å². The van der Waals surface area contributed by atoms with Gasteiger partial charge in [0.2, 0.25) is 0 Å². The number of esters is 1. The van der Waals surface area contributed by atoms with Crippen molar-refractivity contribution >= 4 is 11.9 Å². The van der Waals surface area contributed by atoms with Gasteiger partial charge in [0, 0.05) is 13.2 Å². The van der Waals surface area contributed by atoms with E-state index in [9.17, 15) is 9.59 Å². The molecule has 0 bridgehead atoms. The summed E-state index contributed by atoms with van der Waals surface area (Å²) < 4.78 is 21.3. The number of nitrogens with one attached hydrogen (secondary N) is 1. The Kier molecular flexibility index (Phi) is 7.24. The Bertz CT molecular complexity index is 805. The molecule has 0 aliphatic carbocycles. The molecule has 29 heavy (non-hydrogen) atoms. The molecule has 1 N–H and O–H groups in total. The summed E-state index contributed by atoms with van der Waals surface area (Å²) in [6, 6.07) is 7.16. The topological polar surface area (TPSA) is 99.9 Å². The van der Waals surface area contributed by atoms with Gasteiger partial charge in [0.1, 0.15) is 18.1 Å². The van der Waals surface area contributed by atoms with Crippen molar-refractivity contribution in [1.29, 1.82) is 0 Å². The Morgan fingerprint density at radius 2 is 2.03 bits per heavy atom. The smallest absolute Gasteiger partial charge is 0.310 e. The van der Waals surface area contributed by atoms with E-state index >= 15 is 0 Å². The monoisotopic (exact) mass is 402 g/mol. The number of hydrogen-bond acceptors (Lipinski definition) is 7. The van der Waals surface area contributed by atoms with Gasteiger partial charge in [0.05, 0.1) is 23.8 Å². The van der Waals surface area contributed by atoms with Gasteiger partial charge in [-0.3, -0.25) is 9.59 Å². The molecule has 2 aromatic rings. The standard InChI is InChI=1S/C21H26N2O6/c1-14-19(15(2)29-23-14)12-27-17-7-5-16(6-8-17)10-21(25)28-13-20(24)22-11-18-4-3-9-26-18/h5-8,18H,3-4,9-13H2,1-2H3,(H,22,24)/t18-/m0/s1. The van der Waals surface area contributed by atoms with E-state index < -0.39 is 5.97 Å². The molecular weight excluding hydrogens is 376 g/mol. The van der Waals surface area contributed by atoms with Gasteiger partial charge >= 0.3 is 5.97 Å². The molecule has 0 spiro atoms. The highest BCUT2D eigenvalue weighted by Crippen LogP contribution is 2.18. The van der Waals surface area contributed by atoms with E-state index in [1.165, 1.54) is 0 Å². The second-order valence-corrected chi connectivity index (χ2v) is 7.01. The average Bonchev–Trinajstić information content (AvgIpc) is 3.34. The highest BCUT2D eigenvalue weighted by Gasteiger charge is 2.17. The summed E-state index contributed by atoms with van der Waals surface area (Å²) in [6.45, 7) is 4.97. The third-order valence-corrected chi connectivity index (χ3v) is 4.75. The van der Waals surface area contributed by atoms with Crippen molar-refractivity contribution in [1.82, 2.24) is 10.5 Å². The lowest BCUT2D eigenvalue weighted by atomic mass is 10.1. The van der Waals surface area contributed by atoms with Crippen LogP contribution in [0.2, 0.25) is 0 Å². The van der Waals surface area contributed by atoms with Crippen LogP contribution in [0.15, 0.2) is 28.8 Å². The summed E-state index contributed by atoms with van der Waals surface area (Å²) >= 11 is 0. The third-order valence-electron chi connectivity index (χ3n) is 4.75. The maximum atomic E-state index is 11.9. The predicted molar refractivity (Wildman–Crippen MR) is 103 cm³/mol. The summed E-state index contributed by atoms with van der Waals surface area (Å²) in [6.07, 6.45) is 2.10. The molecule has 0 saturated carbocycles. The van der Waals surface area contributed by atoms with Gasteiger partial charge < -0.3 is 24.1 Å². The van der Waals surface area contributed by atoms with Crippen molar-refractivity contribution in [3.8, 4) is 5.75 Å². The first-order valence-electron chi connectivity index (χ1n) is 9.68. The van der Waals surface area contributed by atoms with E-state index in [1.54, 1.807) is 24.3 Å². The van der Waals surface area contributed by atoms with E-state index in [0.717, 1.165) is 42.0 Å². The highest BCUT2D eigenvalue weighted by atomic mass is 16.5. The first kappa shape index (κ1) is 20.9. The molecular formula is C21H26N2O6. The summed E-state index contributed by atoms with van der Waals surface area (Å²) in [5, 5.41) is 6.61. The Morgan fingerprint density at radius 1 is 1.24 bits per heavy atom. The summed E-state index contributed by atoms with van der Waals surface area (Å²) in [5.74, 6) is 0.635. The normalized spacial score (nSPS) is 15.9. The number of aryl methyl sites for hydroxylation is 2. The molecule has 1 aliphatic heterocycles. The van der Waals surface area contributed by atoms with Gasteiger partial charge in [-0.1, -0.05) is 17.3 Å². The first-order valence-corrected chi connectivity index (χ1v) is 9.68. The molecule has 1 atom stereocenters. The van der Waals surface area contributed by atoms with Gasteiger partial charge in [0.15, 0.2) is 6.61 Å². The number of carbonyl (C=O) groups excluding carboxylic acids is 2. The minimum Gasteiger partial charge on any atom is -0.489 e. The molecule has 0 radical (unpaired) electrons. The van der Waals surface area contributed by atoms with E-state index in [4.69, 9.17) is 18.7 Å². The van der Waals surface area contributed by atoms with Crippen molar-refractivity contribution in [2.45, 2.75) is 45.8 Å². The molecule has 8 nitrogen and oxygen atoms in total. The fourth-order valence-electron chi connectivity index (χ4n) is 3.01. The highest BCUT2D eigenvalue weighted by molar-refractivity contribution is 5.81. The maximum absolute atomic E-state index is 11.9. The SMILES string of the molecule is Cc1noc(C)c1COc1ccc(CC(=O)OCC(=O)NC[C@@H]2CCCO2)cc1. The van der Waals surface area contributed by atoms with E-state index in [0.29, 0.717) is 18.9 Å². The summed E-state index contributed by atoms with van der Waals surface area (Å²) in [7, 11) is 0. The number of nitrogens with zero attached hydrogens (tertiary/aromatic N) is 1. The molecule has 156 valence electrons. The van der Waals surface area contributed by atoms with Gasteiger partial charge in [-0.05, 0) is 44.4 Å². The molecule has 1 aromatic heterocycles. The second-order valence-electron chi connectivity index (χ2n) is 7.01. The largest absolute Gasteiger partial charge is 0.489 e. The quantitative estimate of drug-likeness (QED) is 0.642. The van der Waals surface area contributed by atoms with Crippen molar-refractivity contribution in [2.24, 2.45) is 0 Å². The summed E-state index contributed by atoms with van der Waals surface area (Å²) in [4.78, 5) is 23.7. The maximum Gasteiger partial charge on any atom is 0.310 e. The third kappa shape index (κ3) is 6.32. The van der Waals surface area contributed by atoms with Crippen LogP contribution in [0.4, 0.5) is 0 Å². The second kappa shape index (κ2) is 10.1. The molecule has 1 amide bonds. The number of benzene rings is 1. The van der Waals surface area contributed by atoms with Crippen LogP contribution in [0.5, 0.6) is 5.75 Å². The zero-order chi connectivity index (χ0) is 20.6. The van der Waals surface area contributed by atoms with Crippen molar-refractivity contribution in [2.75, 3.05) is 19.8 Å². The summed E-state index contributed by atoms with van der Waals surface area (Å²) in [5.41, 5.74) is 2.51. The van der Waals surface area contributed by atoms with Crippen LogP contribution in [-0.2, 0) is 32.1 Å². The van der Waals surface area contributed by atoms with Gasteiger partial charge in [-0.2, -0.15) is 0 Å². The Labute approximate surface area is 169 Å². The van der Waals surface area contributed by atoms with Crippen molar-refractivity contribution in [3.63, 3.8) is 0 Å². The Morgan fingerprint density at radius 3 is 2.69 bits per heavy atom. The van der Waals surface area contributed by atoms with E-state index in [2.05, 4.69) is 10.5 Å².